The van der Waals surface area contributed by atoms with Crippen molar-refractivity contribution in [2.45, 2.75) is 19.8 Å². The number of hydrogen-bond donors (Lipinski definition) is 2. The number of aromatic hydroxyl groups is 1. The molecule has 0 saturated heterocycles. The molecule has 1 aromatic rings. The Morgan fingerprint density at radius 3 is 3.05 bits per heavy atom. The quantitative estimate of drug-likeness (QED) is 0.789. The van der Waals surface area contributed by atoms with Gasteiger partial charge in [-0.2, -0.15) is 0 Å². The maximum Gasteiger partial charge on any atom is 0.265 e. The average molecular weight is 278 g/mol. The lowest BCUT2D eigenvalue weighted by atomic mass is 10.2. The van der Waals surface area contributed by atoms with Crippen LogP contribution in [0.2, 0.25) is 0 Å². The van der Waals surface area contributed by atoms with Gasteiger partial charge >= 0.3 is 0 Å². The Hall–Kier alpha value is -2.24. The molecule has 1 heterocycles. The van der Waals surface area contributed by atoms with Crippen LogP contribution in [0.1, 0.15) is 19.8 Å². The number of amides is 2. The van der Waals surface area contributed by atoms with Crippen molar-refractivity contribution < 1.29 is 19.4 Å². The van der Waals surface area contributed by atoms with Crippen LogP contribution in [-0.2, 0) is 9.59 Å². The molecular weight excluding hydrogens is 260 g/mol. The Bertz CT molecular complexity index is 516. The van der Waals surface area contributed by atoms with E-state index >= 15 is 0 Å². The number of hydrogen-bond acceptors (Lipinski definition) is 4. The minimum atomic E-state index is -0.270. The van der Waals surface area contributed by atoms with Crippen molar-refractivity contribution in [1.82, 2.24) is 5.32 Å². The van der Waals surface area contributed by atoms with Gasteiger partial charge in [0.2, 0.25) is 5.91 Å². The third-order valence-electron chi connectivity index (χ3n) is 3.04. The summed E-state index contributed by atoms with van der Waals surface area (Å²) < 4.78 is 5.24. The van der Waals surface area contributed by atoms with Gasteiger partial charge in [0.15, 0.2) is 6.61 Å². The van der Waals surface area contributed by atoms with Gasteiger partial charge in [-0.1, -0.05) is 13.3 Å². The molecule has 0 bridgehead atoms. The molecule has 1 aliphatic heterocycles. The molecule has 108 valence electrons. The number of unbranched alkanes of at least 4 members (excludes halogenated alkanes) is 1. The number of carbonyl (C=O) groups is 2. The van der Waals surface area contributed by atoms with Crippen molar-refractivity contribution in [3.05, 3.63) is 18.2 Å². The summed E-state index contributed by atoms with van der Waals surface area (Å²) in [6.07, 6.45) is 1.91. The average Bonchev–Trinajstić information content (AvgIpc) is 2.42. The monoisotopic (exact) mass is 278 g/mol. The lowest BCUT2D eigenvalue weighted by Gasteiger charge is -2.28. The third-order valence-corrected chi connectivity index (χ3v) is 3.04. The van der Waals surface area contributed by atoms with Crippen molar-refractivity contribution in [3.63, 3.8) is 0 Å². The first-order valence-corrected chi connectivity index (χ1v) is 6.64. The number of anilines is 1. The van der Waals surface area contributed by atoms with E-state index in [1.165, 1.54) is 17.0 Å². The molecule has 6 nitrogen and oxygen atoms in total. The van der Waals surface area contributed by atoms with Gasteiger partial charge in [-0.25, -0.2) is 0 Å². The first-order chi connectivity index (χ1) is 9.61. The second-order valence-electron chi connectivity index (χ2n) is 4.62. The minimum absolute atomic E-state index is 0.0380. The number of nitrogens with zero attached hydrogens (tertiary/aromatic N) is 1. The van der Waals surface area contributed by atoms with E-state index in [2.05, 4.69) is 5.32 Å². The zero-order chi connectivity index (χ0) is 14.5. The molecule has 2 N–H and O–H groups in total. The fourth-order valence-electron chi connectivity index (χ4n) is 1.97. The van der Waals surface area contributed by atoms with E-state index in [4.69, 9.17) is 4.74 Å². The van der Waals surface area contributed by atoms with E-state index in [-0.39, 0.29) is 30.7 Å². The van der Waals surface area contributed by atoms with Crippen LogP contribution >= 0.6 is 0 Å². The van der Waals surface area contributed by atoms with Crippen molar-refractivity contribution in [1.29, 1.82) is 0 Å². The van der Waals surface area contributed by atoms with Crippen molar-refractivity contribution in [2.24, 2.45) is 0 Å². The van der Waals surface area contributed by atoms with Crippen LogP contribution in [0.5, 0.6) is 11.5 Å². The van der Waals surface area contributed by atoms with E-state index < -0.39 is 0 Å². The lowest BCUT2D eigenvalue weighted by Crippen LogP contribution is -2.45. The second kappa shape index (κ2) is 6.27. The second-order valence-corrected chi connectivity index (χ2v) is 4.62. The number of fused-ring (bicyclic) bond motifs is 1. The molecule has 0 saturated carbocycles. The Kier molecular flexibility index (Phi) is 4.45. The zero-order valence-electron chi connectivity index (χ0n) is 11.4. The normalized spacial score (nSPS) is 13.7. The van der Waals surface area contributed by atoms with E-state index in [9.17, 15) is 14.7 Å². The molecule has 1 aromatic carbocycles. The van der Waals surface area contributed by atoms with Crippen LogP contribution in [-0.4, -0.2) is 36.6 Å². The molecule has 0 fully saturated rings. The highest BCUT2D eigenvalue weighted by Gasteiger charge is 2.27. The van der Waals surface area contributed by atoms with Crippen molar-refractivity contribution in [3.8, 4) is 11.5 Å². The number of carbonyl (C=O) groups excluding carboxylic acids is 2. The number of nitrogens with one attached hydrogen (secondary N) is 1. The van der Waals surface area contributed by atoms with Crippen LogP contribution in [0, 0.1) is 0 Å². The fourth-order valence-corrected chi connectivity index (χ4v) is 1.97. The van der Waals surface area contributed by atoms with Crippen LogP contribution in [0.15, 0.2) is 18.2 Å². The predicted octanol–water partition coefficient (Wildman–Crippen LogP) is 1.03. The SMILES string of the molecule is CCCCNC(=O)CN1C(=O)COc2cc(O)ccc21. The molecule has 0 unspecified atom stereocenters. The minimum Gasteiger partial charge on any atom is -0.508 e. The van der Waals surface area contributed by atoms with E-state index in [1.54, 1.807) is 6.07 Å². The summed E-state index contributed by atoms with van der Waals surface area (Å²) in [7, 11) is 0. The van der Waals surface area contributed by atoms with Crippen LogP contribution in [0.4, 0.5) is 5.69 Å². The van der Waals surface area contributed by atoms with Gasteiger partial charge < -0.3 is 15.2 Å². The van der Waals surface area contributed by atoms with Gasteiger partial charge in [0.1, 0.15) is 18.0 Å². The zero-order valence-corrected chi connectivity index (χ0v) is 11.4. The molecule has 1 aliphatic rings. The molecule has 0 atom stereocenters. The highest BCUT2D eigenvalue weighted by atomic mass is 16.5. The van der Waals surface area contributed by atoms with E-state index in [0.717, 1.165) is 12.8 Å². The molecule has 20 heavy (non-hydrogen) atoms. The number of phenols is 1. The van der Waals surface area contributed by atoms with Crippen molar-refractivity contribution in [2.75, 3.05) is 24.6 Å². The summed E-state index contributed by atoms with van der Waals surface area (Å²) in [6.45, 7) is 2.49. The molecule has 2 rings (SSSR count). The summed E-state index contributed by atoms with van der Waals surface area (Å²) >= 11 is 0. The highest BCUT2D eigenvalue weighted by molar-refractivity contribution is 6.02. The maximum absolute atomic E-state index is 11.9. The van der Waals surface area contributed by atoms with Crippen LogP contribution in [0.25, 0.3) is 0 Å². The predicted molar refractivity (Wildman–Crippen MR) is 73.9 cm³/mol. The topological polar surface area (TPSA) is 78.9 Å². The van der Waals surface area contributed by atoms with Crippen molar-refractivity contribution >= 4 is 17.5 Å². The van der Waals surface area contributed by atoms with Gasteiger partial charge in [-0.3, -0.25) is 14.5 Å². The lowest BCUT2D eigenvalue weighted by molar-refractivity contribution is -0.125. The highest BCUT2D eigenvalue weighted by Crippen LogP contribution is 2.34. The Balaban J connectivity index is 2.07. The number of rotatable bonds is 5. The molecule has 0 radical (unpaired) electrons. The molecule has 6 heteroatoms. The first kappa shape index (κ1) is 14.2. The van der Waals surface area contributed by atoms with E-state index in [0.29, 0.717) is 18.0 Å². The third kappa shape index (κ3) is 3.20. The Labute approximate surface area is 117 Å². The summed E-state index contributed by atoms with van der Waals surface area (Å²) in [4.78, 5) is 25.1. The first-order valence-electron chi connectivity index (χ1n) is 6.64. The molecule has 0 aromatic heterocycles. The summed E-state index contributed by atoms with van der Waals surface area (Å²) in [5.41, 5.74) is 0.504. The smallest absolute Gasteiger partial charge is 0.265 e. The Morgan fingerprint density at radius 1 is 1.50 bits per heavy atom. The number of benzene rings is 1. The standard InChI is InChI=1S/C14H18N2O4/c1-2-3-6-15-13(18)8-16-11-5-4-10(17)7-12(11)20-9-14(16)19/h4-5,7,17H,2-3,6,8-9H2,1H3,(H,15,18). The summed E-state index contributed by atoms with van der Waals surface area (Å²) in [5.74, 6) is -0.00189. The summed E-state index contributed by atoms with van der Waals surface area (Å²) in [6, 6.07) is 4.47. The molecular formula is C14H18N2O4. The summed E-state index contributed by atoms with van der Waals surface area (Å²) in [5, 5.41) is 12.2. The van der Waals surface area contributed by atoms with Gasteiger partial charge in [0, 0.05) is 12.6 Å². The molecule has 0 aliphatic carbocycles. The number of phenolic OH excluding ortho intramolecular Hbond substituents is 1. The largest absolute Gasteiger partial charge is 0.508 e. The Morgan fingerprint density at radius 2 is 2.30 bits per heavy atom. The van der Waals surface area contributed by atoms with Gasteiger partial charge in [0.25, 0.3) is 5.91 Å². The fraction of sp³-hybridized carbons (Fsp3) is 0.429. The van der Waals surface area contributed by atoms with Gasteiger partial charge in [0.05, 0.1) is 5.69 Å². The number of ether oxygens (including phenoxy) is 1. The molecule has 0 spiro atoms. The molecule has 2 amide bonds. The van der Waals surface area contributed by atoms with Gasteiger partial charge in [-0.05, 0) is 18.6 Å². The van der Waals surface area contributed by atoms with Crippen LogP contribution < -0.4 is 15.0 Å². The van der Waals surface area contributed by atoms with E-state index in [1.807, 2.05) is 6.92 Å². The van der Waals surface area contributed by atoms with Gasteiger partial charge in [-0.15, -0.1) is 0 Å². The van der Waals surface area contributed by atoms with Crippen LogP contribution in [0.3, 0.4) is 0 Å². The maximum atomic E-state index is 11.9.